The third kappa shape index (κ3) is 3.67. The van der Waals surface area contributed by atoms with Crippen LogP contribution in [-0.2, 0) is 6.42 Å². The minimum Gasteiger partial charge on any atom is -0.492 e. The maximum Gasteiger partial charge on any atom is 0.196 e. The summed E-state index contributed by atoms with van der Waals surface area (Å²) in [6, 6.07) is 15.6. The van der Waals surface area contributed by atoms with Gasteiger partial charge in [-0.05, 0) is 56.3 Å². The van der Waals surface area contributed by atoms with Crippen molar-refractivity contribution in [3.63, 3.8) is 0 Å². The molecule has 4 nitrogen and oxygen atoms in total. The smallest absolute Gasteiger partial charge is 0.196 e. The molecule has 0 aliphatic heterocycles. The normalized spacial score (nSPS) is 14.9. The number of nitrogens with zero attached hydrogens (tertiary/aromatic N) is 1. The van der Waals surface area contributed by atoms with Crippen LogP contribution in [0, 0.1) is 0 Å². The number of benzene rings is 2. The summed E-state index contributed by atoms with van der Waals surface area (Å²) in [5.74, 6) is 1.45. The first-order valence-corrected chi connectivity index (χ1v) is 9.25. The van der Waals surface area contributed by atoms with Gasteiger partial charge in [0, 0.05) is 18.2 Å². The summed E-state index contributed by atoms with van der Waals surface area (Å²) in [6.45, 7) is 1.42. The van der Waals surface area contributed by atoms with E-state index in [1.807, 2.05) is 50.5 Å². The Morgan fingerprint density at radius 3 is 2.70 bits per heavy atom. The molecule has 4 rings (SSSR count). The monoisotopic (exact) mass is 361 g/mol. The zero-order valence-electron chi connectivity index (χ0n) is 15.7. The largest absolute Gasteiger partial charge is 0.492 e. The summed E-state index contributed by atoms with van der Waals surface area (Å²) in [4.78, 5) is 15.0. The average molecular weight is 361 g/mol. The van der Waals surface area contributed by atoms with Gasteiger partial charge in [0.2, 0.25) is 0 Å². The standard InChI is InChI=1S/C23H23NO3/c1-24(2)12-13-26-18-9-11-19-21(15-18)27-23-17(8-10-20(23)22(19)25)14-16-6-4-3-5-7-16/h3-7,9,11,14-15H,8,10,12-13H2,1-2H3. The molecular formula is C23H23NO3. The second kappa shape index (κ2) is 7.41. The van der Waals surface area contributed by atoms with Crippen molar-refractivity contribution in [2.24, 2.45) is 0 Å². The van der Waals surface area contributed by atoms with Gasteiger partial charge in [-0.3, -0.25) is 4.79 Å². The van der Waals surface area contributed by atoms with Crippen LogP contribution < -0.4 is 10.2 Å². The molecule has 1 heterocycles. The van der Waals surface area contributed by atoms with E-state index < -0.39 is 0 Å². The van der Waals surface area contributed by atoms with Crippen molar-refractivity contribution in [2.75, 3.05) is 27.2 Å². The van der Waals surface area contributed by atoms with E-state index in [-0.39, 0.29) is 5.43 Å². The fourth-order valence-corrected chi connectivity index (χ4v) is 3.40. The lowest BCUT2D eigenvalue weighted by Crippen LogP contribution is -2.19. The average Bonchev–Trinajstić information content (AvgIpc) is 3.05. The van der Waals surface area contributed by atoms with Crippen molar-refractivity contribution in [2.45, 2.75) is 12.8 Å². The molecule has 0 bridgehead atoms. The Kier molecular flexibility index (Phi) is 4.82. The van der Waals surface area contributed by atoms with Crippen molar-refractivity contribution in [3.8, 4) is 5.75 Å². The molecule has 0 amide bonds. The lowest BCUT2D eigenvalue weighted by molar-refractivity contribution is 0.261. The van der Waals surface area contributed by atoms with E-state index in [1.54, 1.807) is 0 Å². The van der Waals surface area contributed by atoms with E-state index in [9.17, 15) is 4.79 Å². The van der Waals surface area contributed by atoms with Gasteiger partial charge >= 0.3 is 0 Å². The number of fused-ring (bicyclic) bond motifs is 2. The fourth-order valence-electron chi connectivity index (χ4n) is 3.40. The number of allylic oxidation sites excluding steroid dienone is 1. The maximum atomic E-state index is 12.9. The van der Waals surface area contributed by atoms with Crippen LogP contribution in [0.15, 0.2) is 57.7 Å². The third-order valence-corrected chi connectivity index (χ3v) is 4.84. The van der Waals surface area contributed by atoms with E-state index >= 15 is 0 Å². The summed E-state index contributed by atoms with van der Waals surface area (Å²) in [6.07, 6.45) is 3.66. The molecule has 0 unspecified atom stereocenters. The number of likely N-dealkylation sites (N-methyl/N-ethyl adjacent to an activating group) is 1. The van der Waals surface area contributed by atoms with Gasteiger partial charge in [0.25, 0.3) is 0 Å². The van der Waals surface area contributed by atoms with E-state index in [2.05, 4.69) is 23.1 Å². The minimum absolute atomic E-state index is 0.0718. The van der Waals surface area contributed by atoms with E-state index in [0.29, 0.717) is 17.6 Å². The maximum absolute atomic E-state index is 12.9. The molecule has 0 saturated carbocycles. The molecule has 0 N–H and O–H groups in total. The lowest BCUT2D eigenvalue weighted by atomic mass is 10.1. The second-order valence-corrected chi connectivity index (χ2v) is 7.13. The van der Waals surface area contributed by atoms with Gasteiger partial charge in [0.05, 0.1) is 5.39 Å². The number of rotatable bonds is 5. The molecule has 4 heteroatoms. The summed E-state index contributed by atoms with van der Waals surface area (Å²) >= 11 is 0. The van der Waals surface area contributed by atoms with E-state index in [4.69, 9.17) is 9.15 Å². The van der Waals surface area contributed by atoms with Crippen molar-refractivity contribution in [1.29, 1.82) is 0 Å². The number of hydrogen-bond donors (Lipinski definition) is 0. The SMILES string of the molecule is CN(C)CCOc1ccc2c(=O)c3c(oc2c1)C(=Cc1ccccc1)CC3. The van der Waals surface area contributed by atoms with Crippen LogP contribution >= 0.6 is 0 Å². The molecule has 27 heavy (non-hydrogen) atoms. The highest BCUT2D eigenvalue weighted by Gasteiger charge is 2.24. The topological polar surface area (TPSA) is 42.7 Å². The molecule has 0 spiro atoms. The zero-order chi connectivity index (χ0) is 18.8. The predicted molar refractivity (Wildman–Crippen MR) is 109 cm³/mol. The molecule has 0 saturated heterocycles. The molecule has 0 fully saturated rings. The molecule has 1 aliphatic rings. The van der Waals surface area contributed by atoms with Crippen molar-refractivity contribution < 1.29 is 9.15 Å². The van der Waals surface area contributed by atoms with Crippen LogP contribution in [0.4, 0.5) is 0 Å². The first kappa shape index (κ1) is 17.6. The highest BCUT2D eigenvalue weighted by molar-refractivity contribution is 5.87. The quantitative estimate of drug-likeness (QED) is 0.682. The van der Waals surface area contributed by atoms with Gasteiger partial charge in [-0.2, -0.15) is 0 Å². The Morgan fingerprint density at radius 2 is 1.93 bits per heavy atom. The van der Waals surface area contributed by atoms with Gasteiger partial charge in [-0.1, -0.05) is 30.3 Å². The summed E-state index contributed by atoms with van der Waals surface area (Å²) in [5, 5.41) is 0.620. The highest BCUT2D eigenvalue weighted by Crippen LogP contribution is 2.34. The third-order valence-electron chi connectivity index (χ3n) is 4.84. The fraction of sp³-hybridized carbons (Fsp3) is 0.261. The summed E-state index contributed by atoms with van der Waals surface area (Å²) in [5.41, 5.74) is 3.63. The number of ether oxygens (including phenoxy) is 1. The van der Waals surface area contributed by atoms with Crippen molar-refractivity contribution in [3.05, 3.63) is 75.6 Å². The molecule has 0 radical (unpaired) electrons. The van der Waals surface area contributed by atoms with E-state index in [1.165, 1.54) is 0 Å². The van der Waals surface area contributed by atoms with Crippen LogP contribution in [0.25, 0.3) is 22.6 Å². The van der Waals surface area contributed by atoms with Gasteiger partial charge < -0.3 is 14.1 Å². The van der Waals surface area contributed by atoms with Crippen LogP contribution in [0.3, 0.4) is 0 Å². The molecule has 2 aromatic carbocycles. The van der Waals surface area contributed by atoms with Crippen molar-refractivity contribution >= 4 is 22.6 Å². The summed E-state index contributed by atoms with van der Waals surface area (Å²) < 4.78 is 12.0. The predicted octanol–water partition coefficient (Wildman–Crippen LogP) is 4.22. The van der Waals surface area contributed by atoms with Crippen LogP contribution in [0.5, 0.6) is 5.75 Å². The Bertz CT molecular complexity index is 1050. The number of hydrogen-bond acceptors (Lipinski definition) is 4. The molecule has 1 aromatic heterocycles. The lowest BCUT2D eigenvalue weighted by Gasteiger charge is -2.11. The molecule has 138 valence electrons. The van der Waals surface area contributed by atoms with E-state index in [0.717, 1.165) is 47.6 Å². The minimum atomic E-state index is 0.0718. The van der Waals surface area contributed by atoms with Gasteiger partial charge in [-0.25, -0.2) is 0 Å². The second-order valence-electron chi connectivity index (χ2n) is 7.13. The molecular weight excluding hydrogens is 338 g/mol. The highest BCUT2D eigenvalue weighted by atomic mass is 16.5. The first-order valence-electron chi connectivity index (χ1n) is 9.25. The Morgan fingerprint density at radius 1 is 1.11 bits per heavy atom. The zero-order valence-corrected chi connectivity index (χ0v) is 15.7. The van der Waals surface area contributed by atoms with Gasteiger partial charge in [0.15, 0.2) is 5.43 Å². The van der Waals surface area contributed by atoms with Crippen LogP contribution in [0.2, 0.25) is 0 Å². The van der Waals surface area contributed by atoms with Crippen LogP contribution in [0.1, 0.15) is 23.3 Å². The Balaban J connectivity index is 1.71. The Hall–Kier alpha value is -2.85. The van der Waals surface area contributed by atoms with Crippen molar-refractivity contribution in [1.82, 2.24) is 4.90 Å². The molecule has 0 atom stereocenters. The first-order chi connectivity index (χ1) is 13.1. The Labute approximate surface area is 158 Å². The summed E-state index contributed by atoms with van der Waals surface area (Å²) in [7, 11) is 4.01. The van der Waals surface area contributed by atoms with Gasteiger partial charge in [0.1, 0.15) is 23.7 Å². The van der Waals surface area contributed by atoms with Gasteiger partial charge in [-0.15, -0.1) is 0 Å². The molecule has 3 aromatic rings. The van der Waals surface area contributed by atoms with Crippen LogP contribution in [-0.4, -0.2) is 32.1 Å². The molecule has 1 aliphatic carbocycles.